The zero-order valence-electron chi connectivity index (χ0n) is 14.0. The molecule has 0 bridgehead atoms. The van der Waals surface area contributed by atoms with Gasteiger partial charge in [-0.25, -0.2) is 12.7 Å². The first kappa shape index (κ1) is 17.9. The van der Waals surface area contributed by atoms with Crippen LogP contribution in [0.15, 0.2) is 18.2 Å². The standard InChI is InChI=1S/C16H24N2O4S/c1-11-6-5-7-14(12(11)2)16(19)17-15-9-22-8-13(15)10-23(20,21)18(3)4/h5-7,13,15H,8-10H2,1-4H3,(H,17,19)/t13-,15-/m0/s1. The zero-order chi connectivity index (χ0) is 17.2. The van der Waals surface area contributed by atoms with Crippen LogP contribution in [-0.4, -0.2) is 57.7 Å². The summed E-state index contributed by atoms with van der Waals surface area (Å²) < 4.78 is 30.7. The number of sulfonamides is 1. The summed E-state index contributed by atoms with van der Waals surface area (Å²) in [5, 5.41) is 2.93. The van der Waals surface area contributed by atoms with E-state index in [0.29, 0.717) is 18.8 Å². The molecule has 1 aliphatic heterocycles. The number of rotatable bonds is 5. The lowest BCUT2D eigenvalue weighted by atomic mass is 10.0. The monoisotopic (exact) mass is 340 g/mol. The Morgan fingerprint density at radius 3 is 2.65 bits per heavy atom. The normalized spacial score (nSPS) is 21.6. The average molecular weight is 340 g/mol. The smallest absolute Gasteiger partial charge is 0.251 e. The molecular weight excluding hydrogens is 316 g/mol. The molecular formula is C16H24N2O4S. The lowest BCUT2D eigenvalue weighted by Gasteiger charge is -2.21. The Morgan fingerprint density at radius 2 is 2.00 bits per heavy atom. The maximum Gasteiger partial charge on any atom is 0.251 e. The van der Waals surface area contributed by atoms with Crippen LogP contribution < -0.4 is 5.32 Å². The number of carbonyl (C=O) groups excluding carboxylic acids is 1. The van der Waals surface area contributed by atoms with Crippen molar-refractivity contribution in [3.05, 3.63) is 34.9 Å². The molecule has 1 aliphatic rings. The molecule has 1 fully saturated rings. The van der Waals surface area contributed by atoms with Crippen molar-refractivity contribution >= 4 is 15.9 Å². The van der Waals surface area contributed by atoms with E-state index in [1.165, 1.54) is 18.4 Å². The van der Waals surface area contributed by atoms with Crippen LogP contribution in [0.1, 0.15) is 21.5 Å². The third-order valence-corrected chi connectivity index (χ3v) is 6.31. The van der Waals surface area contributed by atoms with Gasteiger partial charge >= 0.3 is 0 Å². The van der Waals surface area contributed by atoms with Gasteiger partial charge in [0, 0.05) is 25.6 Å². The van der Waals surface area contributed by atoms with E-state index in [0.717, 1.165) is 11.1 Å². The molecule has 0 radical (unpaired) electrons. The molecule has 23 heavy (non-hydrogen) atoms. The Kier molecular flexibility index (Phi) is 5.44. The van der Waals surface area contributed by atoms with Crippen LogP contribution in [0.3, 0.4) is 0 Å². The van der Waals surface area contributed by atoms with E-state index in [2.05, 4.69) is 5.32 Å². The number of nitrogens with one attached hydrogen (secondary N) is 1. The van der Waals surface area contributed by atoms with Crippen LogP contribution in [0.5, 0.6) is 0 Å². The summed E-state index contributed by atoms with van der Waals surface area (Å²) in [6.07, 6.45) is 0. The number of hydrogen-bond acceptors (Lipinski definition) is 4. The van der Waals surface area contributed by atoms with Gasteiger partial charge in [0.05, 0.1) is 25.0 Å². The van der Waals surface area contributed by atoms with E-state index in [9.17, 15) is 13.2 Å². The Morgan fingerprint density at radius 1 is 1.30 bits per heavy atom. The number of benzene rings is 1. The molecule has 0 spiro atoms. The van der Waals surface area contributed by atoms with Crippen molar-refractivity contribution in [2.75, 3.05) is 33.1 Å². The lowest BCUT2D eigenvalue weighted by Crippen LogP contribution is -2.43. The Labute approximate surface area is 137 Å². The molecule has 1 N–H and O–H groups in total. The van der Waals surface area contributed by atoms with E-state index in [1.54, 1.807) is 6.07 Å². The minimum absolute atomic E-state index is 0.0300. The Bertz CT molecular complexity index is 685. The molecule has 1 saturated heterocycles. The second kappa shape index (κ2) is 6.98. The largest absolute Gasteiger partial charge is 0.379 e. The summed E-state index contributed by atoms with van der Waals surface area (Å²) in [6, 6.07) is 5.28. The quantitative estimate of drug-likeness (QED) is 0.865. The summed E-state index contributed by atoms with van der Waals surface area (Å²) in [5.74, 6) is -0.456. The highest BCUT2D eigenvalue weighted by Crippen LogP contribution is 2.19. The topological polar surface area (TPSA) is 75.7 Å². The molecule has 1 heterocycles. The third kappa shape index (κ3) is 4.10. The summed E-state index contributed by atoms with van der Waals surface area (Å²) in [5.41, 5.74) is 2.60. The first-order chi connectivity index (χ1) is 10.7. The van der Waals surface area contributed by atoms with Gasteiger partial charge in [0.25, 0.3) is 5.91 Å². The maximum absolute atomic E-state index is 12.5. The second-order valence-electron chi connectivity index (χ2n) is 6.19. The zero-order valence-corrected chi connectivity index (χ0v) is 14.8. The minimum Gasteiger partial charge on any atom is -0.379 e. The van der Waals surface area contributed by atoms with Gasteiger partial charge in [0.2, 0.25) is 10.0 Å². The van der Waals surface area contributed by atoms with Gasteiger partial charge in [-0.1, -0.05) is 12.1 Å². The fourth-order valence-electron chi connectivity index (χ4n) is 2.59. The van der Waals surface area contributed by atoms with E-state index >= 15 is 0 Å². The number of hydrogen-bond donors (Lipinski definition) is 1. The van der Waals surface area contributed by atoms with E-state index in [-0.39, 0.29) is 23.6 Å². The molecule has 6 nitrogen and oxygen atoms in total. The highest BCUT2D eigenvalue weighted by atomic mass is 32.2. The molecule has 0 aliphatic carbocycles. The van der Waals surface area contributed by atoms with Crippen LogP contribution in [0.25, 0.3) is 0 Å². The predicted molar refractivity (Wildman–Crippen MR) is 89.0 cm³/mol. The second-order valence-corrected chi connectivity index (χ2v) is 8.41. The van der Waals surface area contributed by atoms with E-state index < -0.39 is 10.0 Å². The van der Waals surface area contributed by atoms with Crippen molar-refractivity contribution in [2.45, 2.75) is 19.9 Å². The first-order valence-corrected chi connectivity index (χ1v) is 9.18. The molecule has 1 aromatic rings. The first-order valence-electron chi connectivity index (χ1n) is 7.57. The van der Waals surface area contributed by atoms with Gasteiger partial charge in [0.1, 0.15) is 0 Å². The highest BCUT2D eigenvalue weighted by molar-refractivity contribution is 7.89. The molecule has 0 unspecified atom stereocenters. The van der Waals surface area contributed by atoms with Crippen molar-refractivity contribution in [1.82, 2.24) is 9.62 Å². The van der Waals surface area contributed by atoms with Crippen molar-refractivity contribution in [2.24, 2.45) is 5.92 Å². The molecule has 1 aromatic carbocycles. The number of ether oxygens (including phenoxy) is 1. The van der Waals surface area contributed by atoms with Crippen LogP contribution in [0.2, 0.25) is 0 Å². The van der Waals surface area contributed by atoms with E-state index in [4.69, 9.17) is 4.74 Å². The number of carbonyl (C=O) groups is 1. The SMILES string of the molecule is Cc1cccc(C(=O)N[C@H]2COC[C@H]2CS(=O)(=O)N(C)C)c1C. The third-order valence-electron chi connectivity index (χ3n) is 4.35. The summed E-state index contributed by atoms with van der Waals surface area (Å²) in [7, 11) is -0.310. The van der Waals surface area contributed by atoms with Gasteiger partial charge < -0.3 is 10.1 Å². The molecule has 2 atom stereocenters. The summed E-state index contributed by atoms with van der Waals surface area (Å²) >= 11 is 0. The van der Waals surface area contributed by atoms with Crippen LogP contribution in [0, 0.1) is 19.8 Å². The van der Waals surface area contributed by atoms with Gasteiger partial charge in [-0.2, -0.15) is 0 Å². The van der Waals surface area contributed by atoms with E-state index in [1.807, 2.05) is 26.0 Å². The summed E-state index contributed by atoms with van der Waals surface area (Å²) in [6.45, 7) is 4.54. The Hall–Kier alpha value is -1.44. The predicted octanol–water partition coefficient (Wildman–Crippen LogP) is 0.940. The lowest BCUT2D eigenvalue weighted by molar-refractivity contribution is 0.0925. The van der Waals surface area contributed by atoms with Crippen LogP contribution in [-0.2, 0) is 14.8 Å². The van der Waals surface area contributed by atoms with Crippen LogP contribution in [0.4, 0.5) is 0 Å². The average Bonchev–Trinajstić information content (AvgIpc) is 2.88. The maximum atomic E-state index is 12.5. The molecule has 7 heteroatoms. The number of nitrogens with zero attached hydrogens (tertiary/aromatic N) is 1. The van der Waals surface area contributed by atoms with Crippen molar-refractivity contribution in [1.29, 1.82) is 0 Å². The van der Waals surface area contributed by atoms with Crippen molar-refractivity contribution in [3.63, 3.8) is 0 Å². The van der Waals surface area contributed by atoms with Gasteiger partial charge in [-0.15, -0.1) is 0 Å². The van der Waals surface area contributed by atoms with Crippen molar-refractivity contribution in [3.8, 4) is 0 Å². The molecule has 0 saturated carbocycles. The molecule has 128 valence electrons. The van der Waals surface area contributed by atoms with Crippen LogP contribution >= 0.6 is 0 Å². The molecule has 1 amide bonds. The fourth-order valence-corrected chi connectivity index (χ4v) is 3.75. The minimum atomic E-state index is -3.33. The number of amides is 1. The van der Waals surface area contributed by atoms with Gasteiger partial charge in [-0.3, -0.25) is 4.79 Å². The Balaban J connectivity index is 2.09. The summed E-state index contributed by atoms with van der Waals surface area (Å²) in [4.78, 5) is 12.5. The van der Waals surface area contributed by atoms with Gasteiger partial charge in [-0.05, 0) is 31.0 Å². The molecule has 2 rings (SSSR count). The van der Waals surface area contributed by atoms with Crippen molar-refractivity contribution < 1.29 is 17.9 Å². The molecule has 0 aromatic heterocycles. The highest BCUT2D eigenvalue weighted by Gasteiger charge is 2.34. The number of aryl methyl sites for hydroxylation is 1. The van der Waals surface area contributed by atoms with Gasteiger partial charge in [0.15, 0.2) is 0 Å². The fraction of sp³-hybridized carbons (Fsp3) is 0.562.